The molecular formula is C44H64N2O6. The minimum Gasteiger partial charge on any atom is -0.478 e. The molecule has 8 heteroatoms. The van der Waals surface area contributed by atoms with E-state index in [1.54, 1.807) is 23.8 Å². The molecule has 52 heavy (non-hydrogen) atoms. The van der Waals surface area contributed by atoms with Crippen LogP contribution in [0.25, 0.3) is 0 Å². The minimum atomic E-state index is -1.12. The number of carbonyl (C=O) groups is 3. The maximum Gasteiger partial charge on any atom is 0.339 e. The van der Waals surface area contributed by atoms with Crippen molar-refractivity contribution in [3.05, 3.63) is 47.0 Å². The van der Waals surface area contributed by atoms with Gasteiger partial charge in [-0.2, -0.15) is 0 Å². The number of carboxylic acids is 1. The maximum atomic E-state index is 14.4. The summed E-state index contributed by atoms with van der Waals surface area (Å²) in [6, 6.07) is 6.36. The van der Waals surface area contributed by atoms with Gasteiger partial charge >= 0.3 is 17.9 Å². The first kappa shape index (κ1) is 37.6. The van der Waals surface area contributed by atoms with Crippen molar-refractivity contribution in [1.29, 1.82) is 0 Å². The normalized spacial score (nSPS) is 39.4. The van der Waals surface area contributed by atoms with Gasteiger partial charge in [0.2, 0.25) is 0 Å². The van der Waals surface area contributed by atoms with E-state index in [2.05, 4.69) is 64.8 Å². The van der Waals surface area contributed by atoms with Gasteiger partial charge in [0.1, 0.15) is 12.7 Å². The summed E-state index contributed by atoms with van der Waals surface area (Å²) < 4.78 is 12.5. The predicted octanol–water partition coefficient (Wildman–Crippen LogP) is 8.16. The Morgan fingerprint density at radius 1 is 0.865 bits per heavy atom. The van der Waals surface area contributed by atoms with Crippen molar-refractivity contribution in [3.8, 4) is 0 Å². The number of ether oxygens (including phenoxy) is 2. The second kappa shape index (κ2) is 13.2. The summed E-state index contributed by atoms with van der Waals surface area (Å²) in [5, 5.41) is 13.1. The summed E-state index contributed by atoms with van der Waals surface area (Å²) >= 11 is 0. The van der Waals surface area contributed by atoms with Crippen LogP contribution in [-0.4, -0.2) is 73.3 Å². The number of piperazine rings is 1. The third-order valence-electron chi connectivity index (χ3n) is 16.5. The average Bonchev–Trinajstić information content (AvgIpc) is 3.10. The molecule has 1 aromatic rings. The van der Waals surface area contributed by atoms with Gasteiger partial charge in [0, 0.05) is 38.1 Å². The topological polar surface area (TPSA) is 105 Å². The monoisotopic (exact) mass is 716 g/mol. The molecule has 6 aliphatic rings. The fourth-order valence-electron chi connectivity index (χ4n) is 13.2. The molecule has 8 atom stereocenters. The zero-order valence-electron chi connectivity index (χ0n) is 32.9. The third-order valence-corrected chi connectivity index (χ3v) is 16.5. The van der Waals surface area contributed by atoms with Crippen molar-refractivity contribution in [2.45, 2.75) is 119 Å². The van der Waals surface area contributed by atoms with Gasteiger partial charge in [0.15, 0.2) is 0 Å². The van der Waals surface area contributed by atoms with Crippen molar-refractivity contribution in [2.24, 2.45) is 50.2 Å². The summed E-state index contributed by atoms with van der Waals surface area (Å²) in [4.78, 5) is 42.1. The number of nitrogens with one attached hydrogen (secondary N) is 1. The molecule has 0 amide bonds. The smallest absolute Gasteiger partial charge is 0.339 e. The highest BCUT2D eigenvalue weighted by Gasteiger charge is 2.69. The fraction of sp³-hybridized carbons (Fsp3) is 0.750. The van der Waals surface area contributed by atoms with Crippen LogP contribution in [0.5, 0.6) is 0 Å². The molecule has 1 aromatic carbocycles. The lowest BCUT2D eigenvalue weighted by molar-refractivity contribution is -0.206. The van der Waals surface area contributed by atoms with E-state index in [0.717, 1.165) is 96.9 Å². The number of benzene rings is 1. The van der Waals surface area contributed by atoms with E-state index in [1.165, 1.54) is 6.07 Å². The molecule has 1 saturated heterocycles. The van der Waals surface area contributed by atoms with Crippen LogP contribution in [0, 0.1) is 50.2 Å². The third kappa shape index (κ3) is 5.88. The number of nitrogens with zero attached hydrogens (tertiary/aromatic N) is 1. The van der Waals surface area contributed by atoms with Crippen LogP contribution in [0.4, 0.5) is 0 Å². The maximum absolute atomic E-state index is 14.4. The van der Waals surface area contributed by atoms with Crippen molar-refractivity contribution in [3.63, 3.8) is 0 Å². The van der Waals surface area contributed by atoms with Gasteiger partial charge in [0.25, 0.3) is 0 Å². The Kier molecular flexibility index (Phi) is 9.58. The first-order valence-electron chi connectivity index (χ1n) is 20.3. The quantitative estimate of drug-likeness (QED) is 0.215. The van der Waals surface area contributed by atoms with Gasteiger partial charge in [-0.15, -0.1) is 0 Å². The molecule has 0 radical (unpaired) electrons. The first-order valence-corrected chi connectivity index (χ1v) is 20.3. The molecule has 0 bridgehead atoms. The lowest BCUT2D eigenvalue weighted by Crippen LogP contribution is -2.65. The molecule has 5 fully saturated rings. The number of fused-ring (bicyclic) bond motifs is 7. The molecule has 0 spiro atoms. The van der Waals surface area contributed by atoms with Crippen molar-refractivity contribution in [1.82, 2.24) is 10.2 Å². The fourth-order valence-corrected chi connectivity index (χ4v) is 13.2. The molecule has 4 saturated carbocycles. The van der Waals surface area contributed by atoms with E-state index in [-0.39, 0.29) is 56.2 Å². The van der Waals surface area contributed by atoms with Crippen LogP contribution in [-0.2, 0) is 14.3 Å². The molecule has 8 nitrogen and oxygen atoms in total. The van der Waals surface area contributed by atoms with Crippen molar-refractivity contribution < 1.29 is 29.0 Å². The number of aromatic carboxylic acids is 1. The first-order chi connectivity index (χ1) is 24.5. The van der Waals surface area contributed by atoms with E-state index in [4.69, 9.17) is 9.47 Å². The van der Waals surface area contributed by atoms with E-state index in [1.807, 2.05) is 0 Å². The Labute approximate surface area is 311 Å². The van der Waals surface area contributed by atoms with Gasteiger partial charge < -0.3 is 19.9 Å². The molecule has 0 aromatic heterocycles. The molecule has 286 valence electrons. The summed E-state index contributed by atoms with van der Waals surface area (Å²) in [6.45, 7) is 22.3. The van der Waals surface area contributed by atoms with Crippen LogP contribution >= 0.6 is 0 Å². The number of carbonyl (C=O) groups excluding carboxylic acids is 2. The van der Waals surface area contributed by atoms with Crippen LogP contribution in [0.2, 0.25) is 0 Å². The summed E-state index contributed by atoms with van der Waals surface area (Å²) in [6.07, 6.45) is 12.2. The van der Waals surface area contributed by atoms with Gasteiger partial charge in [-0.1, -0.05) is 72.2 Å². The van der Waals surface area contributed by atoms with E-state index < -0.39 is 17.4 Å². The molecule has 5 aliphatic carbocycles. The highest BCUT2D eigenvalue weighted by molar-refractivity contribution is 6.02. The van der Waals surface area contributed by atoms with Gasteiger partial charge in [-0.3, -0.25) is 9.69 Å². The number of carboxylic acid groups (broad SMARTS) is 1. The Morgan fingerprint density at radius 3 is 2.27 bits per heavy atom. The summed E-state index contributed by atoms with van der Waals surface area (Å²) in [5.41, 5.74) is 1.28. The predicted molar refractivity (Wildman–Crippen MR) is 202 cm³/mol. The molecule has 2 N–H and O–H groups in total. The molecule has 1 aliphatic heterocycles. The number of allylic oxidation sites excluding steroid dienone is 2. The zero-order valence-corrected chi connectivity index (χ0v) is 32.9. The lowest BCUT2D eigenvalue weighted by Gasteiger charge is -2.71. The van der Waals surface area contributed by atoms with Crippen molar-refractivity contribution in [2.75, 3.05) is 39.3 Å². The Morgan fingerprint density at radius 2 is 1.56 bits per heavy atom. The van der Waals surface area contributed by atoms with Crippen LogP contribution in [0.15, 0.2) is 35.9 Å². The van der Waals surface area contributed by atoms with Gasteiger partial charge in [0.05, 0.1) is 16.5 Å². The zero-order chi connectivity index (χ0) is 37.3. The Balaban J connectivity index is 1.14. The number of hydrogen-bond donors (Lipinski definition) is 2. The Bertz CT molecular complexity index is 1610. The second-order valence-electron chi connectivity index (χ2n) is 19.7. The molecule has 1 heterocycles. The van der Waals surface area contributed by atoms with Gasteiger partial charge in [-0.05, 0) is 116 Å². The molecular weight excluding hydrogens is 652 g/mol. The van der Waals surface area contributed by atoms with Crippen LogP contribution in [0.1, 0.15) is 133 Å². The van der Waals surface area contributed by atoms with E-state index >= 15 is 0 Å². The largest absolute Gasteiger partial charge is 0.478 e. The highest BCUT2D eigenvalue weighted by atomic mass is 16.5. The van der Waals surface area contributed by atoms with Crippen LogP contribution < -0.4 is 5.32 Å². The van der Waals surface area contributed by atoms with Gasteiger partial charge in [-0.25, -0.2) is 9.59 Å². The highest BCUT2D eigenvalue weighted by Crippen LogP contribution is 2.76. The summed E-state index contributed by atoms with van der Waals surface area (Å²) in [7, 11) is 0. The summed E-state index contributed by atoms with van der Waals surface area (Å²) in [5.74, 6) is -0.556. The lowest BCUT2D eigenvalue weighted by atomic mass is 9.33. The second-order valence-corrected chi connectivity index (χ2v) is 19.7. The SMILES string of the molecule is CC1(C)CC[C@]2(C(=O)OCCN3CCNCC3)CC[C@]3(C)C(=CC[C@@H]4[C@@]5(C)CC[C@H](OC(=O)c6ccccc6C(=O)O)C(C)(C)[C@@H]5CC[C@]43C)[C@@H]2C1. The van der Waals surface area contributed by atoms with E-state index in [9.17, 15) is 19.5 Å². The van der Waals surface area contributed by atoms with Crippen molar-refractivity contribution >= 4 is 17.9 Å². The number of rotatable bonds is 7. The number of hydrogen-bond acceptors (Lipinski definition) is 7. The average molecular weight is 717 g/mol. The minimum absolute atomic E-state index is 0.000559. The van der Waals surface area contributed by atoms with E-state index in [0.29, 0.717) is 18.4 Å². The molecule has 0 unspecified atom stereocenters. The standard InChI is InChI=1S/C44H64N2O6/c1-39(2)18-20-44(38(50)51-27-26-46-24-22-45-23-25-46)21-19-42(6)31(32(44)28-39)12-13-34-41(5)16-15-35(40(3,4)33(41)14-17-43(34,42)7)52-37(49)30-11-9-8-10-29(30)36(47)48/h8-12,32-35,45H,13-28H2,1-7H3,(H,47,48)/t32-,33-,34+,35-,41-,42+,43+,44-/m0/s1. The van der Waals surface area contributed by atoms with Crippen LogP contribution in [0.3, 0.4) is 0 Å². The molecule has 7 rings (SSSR count). The Hall–Kier alpha value is -2.71. The number of esters is 2.